The van der Waals surface area contributed by atoms with Gasteiger partial charge in [-0.15, -0.1) is 0 Å². The number of fused-ring (bicyclic) bond motifs is 1. The summed E-state index contributed by atoms with van der Waals surface area (Å²) in [5, 5.41) is 12.5. The fraction of sp³-hybridized carbons (Fsp3) is 0.333. The van der Waals surface area contributed by atoms with Gasteiger partial charge in [-0.25, -0.2) is 4.39 Å². The molecule has 32 heavy (non-hydrogen) atoms. The topological polar surface area (TPSA) is 87.0 Å². The van der Waals surface area contributed by atoms with Crippen LogP contribution in [0.5, 0.6) is 6.01 Å². The molecule has 3 heterocycles. The van der Waals surface area contributed by atoms with Gasteiger partial charge < -0.3 is 15.0 Å². The summed E-state index contributed by atoms with van der Waals surface area (Å²) in [5.74, 6) is -0.650. The number of benzene rings is 1. The summed E-state index contributed by atoms with van der Waals surface area (Å²) in [7, 11) is 1.32. The Labute approximate surface area is 180 Å². The van der Waals surface area contributed by atoms with Crippen molar-refractivity contribution in [3.05, 3.63) is 41.8 Å². The van der Waals surface area contributed by atoms with E-state index >= 15 is 4.39 Å². The maximum absolute atomic E-state index is 15.5. The molecule has 1 atom stereocenters. The summed E-state index contributed by atoms with van der Waals surface area (Å²) in [5.41, 5.74) is -2.02. The maximum Gasteiger partial charge on any atom is 0.417 e. The quantitative estimate of drug-likeness (QED) is 0.614. The molecule has 7 nitrogen and oxygen atoms in total. The van der Waals surface area contributed by atoms with Crippen LogP contribution in [0.3, 0.4) is 0 Å². The molecule has 1 fully saturated rings. The Morgan fingerprint density at radius 2 is 2.06 bits per heavy atom. The molecule has 0 radical (unpaired) electrons. The third-order valence-corrected chi connectivity index (χ3v) is 5.21. The second-order valence-corrected chi connectivity index (χ2v) is 7.22. The second kappa shape index (κ2) is 8.55. The number of hydrogen-bond donors (Lipinski definition) is 1. The van der Waals surface area contributed by atoms with Gasteiger partial charge >= 0.3 is 12.2 Å². The number of pyridine rings is 1. The number of anilines is 1. The molecule has 0 spiro atoms. The van der Waals surface area contributed by atoms with Gasteiger partial charge in [-0.05, 0) is 6.07 Å². The van der Waals surface area contributed by atoms with Gasteiger partial charge in [-0.3, -0.25) is 4.98 Å². The molecular formula is C21H18F4N6O. The van der Waals surface area contributed by atoms with Crippen LogP contribution >= 0.6 is 0 Å². The average molecular weight is 446 g/mol. The van der Waals surface area contributed by atoms with E-state index in [9.17, 15) is 13.2 Å². The highest BCUT2D eigenvalue weighted by Gasteiger charge is 2.35. The Kier molecular flexibility index (Phi) is 5.80. The first-order chi connectivity index (χ1) is 15.3. The van der Waals surface area contributed by atoms with Crippen LogP contribution in [0.2, 0.25) is 0 Å². The van der Waals surface area contributed by atoms with Gasteiger partial charge in [0.15, 0.2) is 5.82 Å². The van der Waals surface area contributed by atoms with Crippen molar-refractivity contribution in [2.24, 2.45) is 0 Å². The molecule has 0 amide bonds. The van der Waals surface area contributed by atoms with Crippen molar-refractivity contribution in [2.45, 2.75) is 18.6 Å². The van der Waals surface area contributed by atoms with Crippen LogP contribution in [0.25, 0.3) is 22.2 Å². The predicted molar refractivity (Wildman–Crippen MR) is 109 cm³/mol. The molecule has 1 N–H and O–H groups in total. The average Bonchev–Trinajstić information content (AvgIpc) is 2.79. The number of nitrogens with zero attached hydrogens (tertiary/aromatic N) is 5. The summed E-state index contributed by atoms with van der Waals surface area (Å²) in [6, 6.07) is 6.54. The van der Waals surface area contributed by atoms with E-state index in [4.69, 9.17) is 10.00 Å². The molecule has 2 aromatic heterocycles. The largest absolute Gasteiger partial charge is 0.467 e. The van der Waals surface area contributed by atoms with Gasteiger partial charge in [0, 0.05) is 37.4 Å². The number of halogens is 4. The summed E-state index contributed by atoms with van der Waals surface area (Å²) >= 11 is 0. The highest BCUT2D eigenvalue weighted by atomic mass is 19.4. The number of ether oxygens (including phenoxy) is 1. The number of hydrogen-bond acceptors (Lipinski definition) is 7. The van der Waals surface area contributed by atoms with Crippen molar-refractivity contribution in [3.63, 3.8) is 0 Å². The Morgan fingerprint density at radius 3 is 2.78 bits per heavy atom. The van der Waals surface area contributed by atoms with Crippen molar-refractivity contribution in [1.82, 2.24) is 20.3 Å². The standard InChI is InChI=1S/C21H18F4N6O/c1-32-20-29-18-14(19(30-20)31-9-8-27-12(11-31)6-7-26)10-28-17(16(18)22)13-4-2-3-5-15(13)21(23,24)25/h2-5,10,12,27H,6,8-9,11H2,1H3. The van der Waals surface area contributed by atoms with Crippen LogP contribution in [0, 0.1) is 17.1 Å². The normalized spacial score (nSPS) is 16.8. The molecule has 166 valence electrons. The SMILES string of the molecule is COc1nc(N2CCNC(CC#N)C2)c2cnc(-c3ccccc3C(F)(F)F)c(F)c2n1. The van der Waals surface area contributed by atoms with Crippen LogP contribution < -0.4 is 15.0 Å². The van der Waals surface area contributed by atoms with Crippen molar-refractivity contribution >= 4 is 16.7 Å². The second-order valence-electron chi connectivity index (χ2n) is 7.22. The summed E-state index contributed by atoms with van der Waals surface area (Å²) in [6.45, 7) is 1.54. The Bertz CT molecular complexity index is 1190. The van der Waals surface area contributed by atoms with Crippen LogP contribution in [0.1, 0.15) is 12.0 Å². The monoisotopic (exact) mass is 446 g/mol. The van der Waals surface area contributed by atoms with Gasteiger partial charge in [-0.1, -0.05) is 18.2 Å². The number of aromatic nitrogens is 3. The van der Waals surface area contributed by atoms with Crippen LogP contribution in [0.15, 0.2) is 30.5 Å². The van der Waals surface area contributed by atoms with E-state index in [0.29, 0.717) is 25.5 Å². The molecule has 1 unspecified atom stereocenters. The predicted octanol–water partition coefficient (Wildman–Crippen LogP) is 3.55. The fourth-order valence-electron chi connectivity index (χ4n) is 3.74. The van der Waals surface area contributed by atoms with Crippen LogP contribution in [-0.4, -0.2) is 47.7 Å². The van der Waals surface area contributed by atoms with Crippen LogP contribution in [0.4, 0.5) is 23.4 Å². The molecular weight excluding hydrogens is 428 g/mol. The minimum Gasteiger partial charge on any atom is -0.467 e. The van der Waals surface area contributed by atoms with Gasteiger partial charge in [0.2, 0.25) is 0 Å². The first-order valence-electron chi connectivity index (χ1n) is 9.75. The third kappa shape index (κ3) is 4.01. The van der Waals surface area contributed by atoms with Crippen LogP contribution in [-0.2, 0) is 6.18 Å². The first kappa shape index (κ1) is 21.7. The van der Waals surface area contributed by atoms with E-state index in [1.54, 1.807) is 0 Å². The van der Waals surface area contributed by atoms with Gasteiger partial charge in [-0.2, -0.15) is 28.4 Å². The Hall–Kier alpha value is -3.52. The molecule has 4 rings (SSSR count). The van der Waals surface area contributed by atoms with Crippen molar-refractivity contribution in [1.29, 1.82) is 5.26 Å². The van der Waals surface area contributed by atoms with Gasteiger partial charge in [0.05, 0.1) is 30.5 Å². The summed E-state index contributed by atoms with van der Waals surface area (Å²) < 4.78 is 61.1. The molecule has 1 aliphatic rings. The highest BCUT2D eigenvalue weighted by Crippen LogP contribution is 2.39. The van der Waals surface area contributed by atoms with Crippen molar-refractivity contribution < 1.29 is 22.3 Å². The van der Waals surface area contributed by atoms with Gasteiger partial charge in [0.25, 0.3) is 0 Å². The lowest BCUT2D eigenvalue weighted by atomic mass is 10.0. The zero-order chi connectivity index (χ0) is 22.9. The zero-order valence-corrected chi connectivity index (χ0v) is 16.9. The minimum absolute atomic E-state index is 0.111. The molecule has 1 saturated heterocycles. The molecule has 0 aliphatic carbocycles. The van der Waals surface area contributed by atoms with E-state index in [1.165, 1.54) is 31.5 Å². The van der Waals surface area contributed by atoms with E-state index < -0.39 is 23.3 Å². The molecule has 1 aromatic carbocycles. The van der Waals surface area contributed by atoms with E-state index in [1.807, 2.05) is 4.90 Å². The zero-order valence-electron chi connectivity index (χ0n) is 16.9. The number of piperazine rings is 1. The minimum atomic E-state index is -4.68. The Morgan fingerprint density at radius 1 is 1.28 bits per heavy atom. The Balaban J connectivity index is 1.87. The number of alkyl halides is 3. The smallest absolute Gasteiger partial charge is 0.417 e. The first-order valence-corrected chi connectivity index (χ1v) is 9.75. The summed E-state index contributed by atoms with van der Waals surface area (Å²) in [4.78, 5) is 14.3. The third-order valence-electron chi connectivity index (χ3n) is 5.21. The number of nitrogens with one attached hydrogen (secondary N) is 1. The lowest BCUT2D eigenvalue weighted by molar-refractivity contribution is -0.137. The van der Waals surface area contributed by atoms with Gasteiger partial charge in [0.1, 0.15) is 17.0 Å². The maximum atomic E-state index is 15.5. The van der Waals surface area contributed by atoms with Crippen molar-refractivity contribution in [3.8, 4) is 23.3 Å². The molecule has 11 heteroatoms. The van der Waals surface area contributed by atoms with E-state index in [2.05, 4.69) is 26.3 Å². The number of nitriles is 1. The molecule has 3 aromatic rings. The van der Waals surface area contributed by atoms with E-state index in [-0.39, 0.29) is 34.9 Å². The molecule has 1 aliphatic heterocycles. The van der Waals surface area contributed by atoms with Crippen molar-refractivity contribution in [2.75, 3.05) is 31.6 Å². The highest BCUT2D eigenvalue weighted by molar-refractivity contribution is 5.92. The number of rotatable bonds is 4. The number of methoxy groups -OCH3 is 1. The van der Waals surface area contributed by atoms with E-state index in [0.717, 1.165) is 6.07 Å². The summed E-state index contributed by atoms with van der Waals surface area (Å²) in [6.07, 6.45) is -3.12. The molecule has 0 bridgehead atoms. The lowest BCUT2D eigenvalue weighted by Gasteiger charge is -2.34. The lowest BCUT2D eigenvalue weighted by Crippen LogP contribution is -2.51. The molecule has 0 saturated carbocycles. The fourth-order valence-corrected chi connectivity index (χ4v) is 3.74.